The van der Waals surface area contributed by atoms with E-state index in [1.807, 2.05) is 0 Å². The van der Waals surface area contributed by atoms with E-state index in [1.54, 1.807) is 0 Å². The van der Waals surface area contributed by atoms with E-state index in [1.165, 1.54) is 0 Å². The van der Waals surface area contributed by atoms with Crippen LogP contribution in [-0.4, -0.2) is 124 Å². The molecule has 0 spiro atoms. The summed E-state index contributed by atoms with van der Waals surface area (Å²) in [6.07, 6.45) is -15.1. The monoisotopic (exact) mass is 411 g/mol. The second kappa shape index (κ2) is 10.6. The smallest absolute Gasteiger partial charge is 0.187 e. The van der Waals surface area contributed by atoms with Crippen LogP contribution >= 0.6 is 0 Å². The van der Waals surface area contributed by atoms with Crippen molar-refractivity contribution in [2.45, 2.75) is 61.4 Å². The number of hydrogen-bond donors (Lipinski definition) is 7. The van der Waals surface area contributed by atoms with Crippen LogP contribution in [0.5, 0.6) is 0 Å². The van der Waals surface area contributed by atoms with Crippen molar-refractivity contribution in [2.75, 3.05) is 26.4 Å². The van der Waals surface area contributed by atoms with E-state index < -0.39 is 74.6 Å². The molecule has 10 atom stereocenters. The number of azide groups is 1. The standard InChI is InChI=1S/C14H25N3O11/c15-17-16-1-2-25-13-11(24)9(22)12(6(4-19)27-13)28-14-10(23)8(21)7(20)5(3-18)26-14/h5-14,18-24H,1-4H2/t5?,6?,7-,8+,9-,10?,11?,12-,13-,14-/m1/s1. The minimum Gasteiger partial charge on any atom is -0.394 e. The summed E-state index contributed by atoms with van der Waals surface area (Å²) in [5, 5.41) is 72.1. The predicted molar refractivity (Wildman–Crippen MR) is 86.4 cm³/mol. The quantitative estimate of drug-likeness (QED) is 0.0879. The lowest BCUT2D eigenvalue weighted by Gasteiger charge is -2.45. The summed E-state index contributed by atoms with van der Waals surface area (Å²) >= 11 is 0. The van der Waals surface area contributed by atoms with E-state index in [0.717, 1.165) is 0 Å². The van der Waals surface area contributed by atoms with Crippen molar-refractivity contribution in [3.05, 3.63) is 10.4 Å². The van der Waals surface area contributed by atoms with E-state index in [0.29, 0.717) is 0 Å². The van der Waals surface area contributed by atoms with Crippen molar-refractivity contribution in [3.63, 3.8) is 0 Å². The molecule has 0 aromatic heterocycles. The van der Waals surface area contributed by atoms with Gasteiger partial charge in [0.1, 0.15) is 48.8 Å². The summed E-state index contributed by atoms with van der Waals surface area (Å²) in [5.74, 6) is 0. The van der Waals surface area contributed by atoms with E-state index in [-0.39, 0.29) is 13.2 Å². The summed E-state index contributed by atoms with van der Waals surface area (Å²) in [6.45, 7) is -1.51. The van der Waals surface area contributed by atoms with Gasteiger partial charge in [0.25, 0.3) is 0 Å². The number of rotatable bonds is 8. The zero-order chi connectivity index (χ0) is 20.8. The number of aliphatic hydroxyl groups is 7. The van der Waals surface area contributed by atoms with Crippen molar-refractivity contribution in [1.82, 2.24) is 0 Å². The summed E-state index contributed by atoms with van der Waals surface area (Å²) < 4.78 is 21.1. The molecule has 14 heteroatoms. The molecule has 0 saturated carbocycles. The minimum atomic E-state index is -1.74. The molecule has 4 unspecified atom stereocenters. The van der Waals surface area contributed by atoms with Gasteiger partial charge < -0.3 is 54.7 Å². The fourth-order valence-electron chi connectivity index (χ4n) is 2.95. The number of nitrogens with zero attached hydrogens (tertiary/aromatic N) is 3. The molecule has 7 N–H and O–H groups in total. The average molecular weight is 411 g/mol. The third kappa shape index (κ3) is 5.07. The first kappa shape index (κ1) is 23.2. The Morgan fingerprint density at radius 1 is 0.821 bits per heavy atom. The number of aliphatic hydroxyl groups excluding tert-OH is 7. The van der Waals surface area contributed by atoms with Crippen LogP contribution in [0, 0.1) is 0 Å². The van der Waals surface area contributed by atoms with Gasteiger partial charge in [-0.15, -0.1) is 0 Å². The minimum absolute atomic E-state index is 0.0479. The fourth-order valence-corrected chi connectivity index (χ4v) is 2.95. The van der Waals surface area contributed by atoms with Crippen LogP contribution in [0.3, 0.4) is 0 Å². The summed E-state index contributed by atoms with van der Waals surface area (Å²) in [6, 6.07) is 0. The first-order chi connectivity index (χ1) is 13.3. The van der Waals surface area contributed by atoms with Gasteiger partial charge in [-0.25, -0.2) is 0 Å². The Hall–Kier alpha value is -1.13. The van der Waals surface area contributed by atoms with Crippen molar-refractivity contribution in [1.29, 1.82) is 0 Å². The van der Waals surface area contributed by atoms with E-state index in [9.17, 15) is 35.7 Å². The largest absolute Gasteiger partial charge is 0.394 e. The van der Waals surface area contributed by atoms with Gasteiger partial charge >= 0.3 is 0 Å². The highest BCUT2D eigenvalue weighted by Gasteiger charge is 2.50. The molecule has 162 valence electrons. The summed E-state index contributed by atoms with van der Waals surface area (Å²) in [7, 11) is 0. The Morgan fingerprint density at radius 3 is 2.04 bits per heavy atom. The van der Waals surface area contributed by atoms with E-state index in [2.05, 4.69) is 10.0 Å². The molecule has 28 heavy (non-hydrogen) atoms. The molecular weight excluding hydrogens is 386 g/mol. The Bertz CT molecular complexity index is 533. The third-order valence-corrected chi connectivity index (χ3v) is 4.50. The molecule has 0 radical (unpaired) electrons. The second-order valence-corrected chi connectivity index (χ2v) is 6.33. The molecule has 14 nitrogen and oxygen atoms in total. The average Bonchev–Trinajstić information content (AvgIpc) is 2.70. The highest BCUT2D eigenvalue weighted by Crippen LogP contribution is 2.29. The summed E-state index contributed by atoms with van der Waals surface area (Å²) in [4.78, 5) is 2.53. The van der Waals surface area contributed by atoms with Gasteiger partial charge in [0.05, 0.1) is 19.8 Å². The first-order valence-corrected chi connectivity index (χ1v) is 8.56. The summed E-state index contributed by atoms with van der Waals surface area (Å²) in [5.41, 5.74) is 8.21. The Morgan fingerprint density at radius 2 is 1.43 bits per heavy atom. The van der Waals surface area contributed by atoms with Crippen molar-refractivity contribution >= 4 is 0 Å². The molecule has 0 aromatic rings. The van der Waals surface area contributed by atoms with Crippen LogP contribution in [0.15, 0.2) is 5.11 Å². The molecule has 2 saturated heterocycles. The predicted octanol–water partition coefficient (Wildman–Crippen LogP) is -4.06. The maximum atomic E-state index is 10.3. The molecule has 0 aromatic carbocycles. The van der Waals surface area contributed by atoms with Gasteiger partial charge in [-0.3, -0.25) is 0 Å². The van der Waals surface area contributed by atoms with E-state index in [4.69, 9.17) is 24.5 Å². The molecule has 2 heterocycles. The van der Waals surface area contributed by atoms with Crippen LogP contribution in [0.4, 0.5) is 0 Å². The fraction of sp³-hybridized carbons (Fsp3) is 1.00. The maximum absolute atomic E-state index is 10.3. The van der Waals surface area contributed by atoms with Gasteiger partial charge in [-0.1, -0.05) is 5.11 Å². The normalized spacial score (nSPS) is 44.1. The van der Waals surface area contributed by atoms with Gasteiger partial charge in [-0.05, 0) is 5.53 Å². The molecule has 2 fully saturated rings. The van der Waals surface area contributed by atoms with Crippen molar-refractivity contribution in [2.24, 2.45) is 5.11 Å². The van der Waals surface area contributed by atoms with Gasteiger partial charge in [0.2, 0.25) is 0 Å². The van der Waals surface area contributed by atoms with Crippen LogP contribution in [0.25, 0.3) is 10.4 Å². The lowest BCUT2D eigenvalue weighted by atomic mass is 9.97. The molecule has 2 aliphatic rings. The first-order valence-electron chi connectivity index (χ1n) is 8.56. The van der Waals surface area contributed by atoms with Crippen molar-refractivity contribution < 1.29 is 54.7 Å². The number of hydrogen-bond acceptors (Lipinski definition) is 12. The molecule has 2 rings (SSSR count). The molecular formula is C14H25N3O11. The van der Waals surface area contributed by atoms with Gasteiger partial charge in [0.15, 0.2) is 12.6 Å². The number of ether oxygens (including phenoxy) is 4. The highest BCUT2D eigenvalue weighted by atomic mass is 16.7. The Labute approximate surface area is 159 Å². The Kier molecular flexibility index (Phi) is 8.76. The SMILES string of the molecule is [N-]=[N+]=NCCO[C@@H]1OC(CO)[C@@H](O[C@H]2OC(CO)[C@@H](O)[C@H](O)C2O)[C@H](O)C1O. The Balaban J connectivity index is 2.05. The molecule has 2 aliphatic heterocycles. The van der Waals surface area contributed by atoms with Crippen LogP contribution in [-0.2, 0) is 18.9 Å². The zero-order valence-electron chi connectivity index (χ0n) is 14.7. The van der Waals surface area contributed by atoms with Gasteiger partial charge in [-0.2, -0.15) is 0 Å². The van der Waals surface area contributed by atoms with Gasteiger partial charge in [0, 0.05) is 11.5 Å². The van der Waals surface area contributed by atoms with E-state index >= 15 is 0 Å². The lowest BCUT2D eigenvalue weighted by molar-refractivity contribution is -0.359. The van der Waals surface area contributed by atoms with Crippen LogP contribution in [0.2, 0.25) is 0 Å². The molecule has 0 aliphatic carbocycles. The second-order valence-electron chi connectivity index (χ2n) is 6.33. The molecule has 0 bridgehead atoms. The van der Waals surface area contributed by atoms with Crippen molar-refractivity contribution in [3.8, 4) is 0 Å². The van der Waals surface area contributed by atoms with Crippen LogP contribution in [0.1, 0.15) is 0 Å². The zero-order valence-corrected chi connectivity index (χ0v) is 14.7. The topological polar surface area (TPSA) is 227 Å². The maximum Gasteiger partial charge on any atom is 0.187 e. The van der Waals surface area contributed by atoms with Crippen LogP contribution < -0.4 is 0 Å². The molecule has 0 amide bonds. The lowest BCUT2D eigenvalue weighted by Crippen LogP contribution is -2.64. The third-order valence-electron chi connectivity index (χ3n) is 4.50. The highest BCUT2D eigenvalue weighted by molar-refractivity contribution is 4.94.